The third-order valence-corrected chi connectivity index (χ3v) is 8.46. The van der Waals surface area contributed by atoms with Crippen LogP contribution in [0.3, 0.4) is 0 Å². The number of aliphatic imine (C=N–C) groups is 1. The lowest BCUT2D eigenvalue weighted by Crippen LogP contribution is -2.47. The van der Waals surface area contributed by atoms with Crippen molar-refractivity contribution in [3.05, 3.63) is 89.5 Å². The highest BCUT2D eigenvalue weighted by molar-refractivity contribution is 7.92. The Balaban J connectivity index is 1.46. The van der Waals surface area contributed by atoms with E-state index in [1.807, 2.05) is 30.3 Å². The standard InChI is InChI=1S/C30H33N5O5S/c1-40-30(37)22-8-13-25-26(20-22)33-29(36)27(25)28(21-6-4-3-5-7-21)32-23-9-11-24(12-10-23)35(41(2,38)39)19-18-34-16-14-31-15-17-34/h3-13,20,27,31H,14-19H2,1-2H3,(H,33,36). The van der Waals surface area contributed by atoms with Gasteiger partial charge in [-0.15, -0.1) is 0 Å². The SMILES string of the molecule is COC(=O)c1ccc2c(c1)NC(=O)C2C(=Nc1ccc(N(CCN2CCNCC2)S(C)(=O)=O)cc1)c1ccccc1. The molecule has 1 atom stereocenters. The number of piperazine rings is 1. The number of benzene rings is 3. The van der Waals surface area contributed by atoms with Crippen LogP contribution in [-0.2, 0) is 19.6 Å². The smallest absolute Gasteiger partial charge is 0.337 e. The van der Waals surface area contributed by atoms with Crippen LogP contribution in [0, 0.1) is 0 Å². The maximum absolute atomic E-state index is 13.3. The first-order valence-corrected chi connectivity index (χ1v) is 15.3. The van der Waals surface area contributed by atoms with Crippen molar-refractivity contribution in [3.8, 4) is 0 Å². The maximum Gasteiger partial charge on any atom is 0.337 e. The topological polar surface area (TPSA) is 120 Å². The summed E-state index contributed by atoms with van der Waals surface area (Å²) in [5.41, 5.74) is 4.04. The van der Waals surface area contributed by atoms with Crippen molar-refractivity contribution in [1.82, 2.24) is 10.2 Å². The van der Waals surface area contributed by atoms with Gasteiger partial charge in [0.25, 0.3) is 0 Å². The molecule has 0 spiro atoms. The summed E-state index contributed by atoms with van der Waals surface area (Å²) in [5.74, 6) is -1.44. The zero-order valence-corrected chi connectivity index (χ0v) is 23.9. The average molecular weight is 576 g/mol. The van der Waals surface area contributed by atoms with Crippen molar-refractivity contribution in [2.75, 3.05) is 62.3 Å². The summed E-state index contributed by atoms with van der Waals surface area (Å²) in [4.78, 5) is 32.4. The van der Waals surface area contributed by atoms with E-state index in [2.05, 4.69) is 15.5 Å². The van der Waals surface area contributed by atoms with Crippen molar-refractivity contribution in [2.24, 2.45) is 4.99 Å². The molecular weight excluding hydrogens is 542 g/mol. The molecule has 2 aliphatic rings. The number of anilines is 2. The Morgan fingerprint density at radius 2 is 1.73 bits per heavy atom. The highest BCUT2D eigenvalue weighted by atomic mass is 32.2. The Hall–Kier alpha value is -4.06. The first-order valence-electron chi connectivity index (χ1n) is 13.4. The van der Waals surface area contributed by atoms with E-state index in [-0.39, 0.29) is 5.91 Å². The van der Waals surface area contributed by atoms with Crippen LogP contribution in [0.15, 0.2) is 77.8 Å². The van der Waals surface area contributed by atoms with Gasteiger partial charge in [-0.05, 0) is 47.5 Å². The fraction of sp³-hybridized carbons (Fsp3) is 0.300. The largest absolute Gasteiger partial charge is 0.465 e. The number of rotatable bonds is 9. The average Bonchev–Trinajstić information content (AvgIpc) is 3.31. The summed E-state index contributed by atoms with van der Waals surface area (Å²) in [5, 5.41) is 6.18. The summed E-state index contributed by atoms with van der Waals surface area (Å²) in [6.07, 6.45) is 1.21. The molecule has 10 nitrogen and oxygen atoms in total. The number of fused-ring (bicyclic) bond motifs is 1. The minimum atomic E-state index is -3.49. The van der Waals surface area contributed by atoms with E-state index in [9.17, 15) is 18.0 Å². The Morgan fingerprint density at radius 1 is 1.02 bits per heavy atom. The number of sulfonamides is 1. The molecule has 2 aliphatic heterocycles. The van der Waals surface area contributed by atoms with Crippen LogP contribution in [0.1, 0.15) is 27.4 Å². The number of carbonyl (C=O) groups is 2. The lowest BCUT2D eigenvalue weighted by atomic mass is 9.90. The van der Waals surface area contributed by atoms with Crippen molar-refractivity contribution >= 4 is 44.7 Å². The molecule has 11 heteroatoms. The normalized spacial score (nSPS) is 17.6. The second kappa shape index (κ2) is 12.2. The van der Waals surface area contributed by atoms with Crippen LogP contribution in [0.2, 0.25) is 0 Å². The summed E-state index contributed by atoms with van der Waals surface area (Å²) in [6.45, 7) is 4.55. The molecule has 0 saturated carbocycles. The van der Waals surface area contributed by atoms with E-state index in [1.54, 1.807) is 42.5 Å². The summed E-state index contributed by atoms with van der Waals surface area (Å²) >= 11 is 0. The van der Waals surface area contributed by atoms with Gasteiger partial charge in [0.05, 0.1) is 36.0 Å². The van der Waals surface area contributed by atoms with E-state index in [1.165, 1.54) is 17.7 Å². The number of hydrogen-bond donors (Lipinski definition) is 2. The minimum Gasteiger partial charge on any atom is -0.465 e. The highest BCUT2D eigenvalue weighted by Gasteiger charge is 2.36. The lowest BCUT2D eigenvalue weighted by Gasteiger charge is -2.30. The van der Waals surface area contributed by atoms with Crippen LogP contribution in [0.4, 0.5) is 17.1 Å². The number of hydrogen-bond acceptors (Lipinski definition) is 8. The first kappa shape index (κ1) is 28.5. The third kappa shape index (κ3) is 6.48. The van der Waals surface area contributed by atoms with Crippen LogP contribution in [0.5, 0.6) is 0 Å². The second-order valence-corrected chi connectivity index (χ2v) is 11.9. The van der Waals surface area contributed by atoms with Gasteiger partial charge in [-0.2, -0.15) is 0 Å². The van der Waals surface area contributed by atoms with Gasteiger partial charge in [-0.25, -0.2) is 13.2 Å². The molecule has 2 N–H and O–H groups in total. The Labute approximate surface area is 240 Å². The molecule has 214 valence electrons. The molecule has 1 amide bonds. The number of nitrogens with zero attached hydrogens (tertiary/aromatic N) is 3. The Kier molecular flexibility index (Phi) is 8.48. The van der Waals surface area contributed by atoms with Crippen molar-refractivity contribution in [2.45, 2.75) is 5.92 Å². The Bertz CT molecular complexity index is 1550. The number of methoxy groups -OCH3 is 1. The molecule has 41 heavy (non-hydrogen) atoms. The predicted octanol–water partition coefficient (Wildman–Crippen LogP) is 3.00. The molecule has 1 fully saturated rings. The van der Waals surface area contributed by atoms with Gasteiger partial charge in [0.1, 0.15) is 5.92 Å². The first-order chi connectivity index (χ1) is 19.7. The van der Waals surface area contributed by atoms with E-state index < -0.39 is 21.9 Å². The van der Waals surface area contributed by atoms with Gasteiger partial charge in [-0.3, -0.25) is 19.0 Å². The van der Waals surface area contributed by atoms with Crippen LogP contribution >= 0.6 is 0 Å². The van der Waals surface area contributed by atoms with Crippen molar-refractivity contribution < 1.29 is 22.7 Å². The van der Waals surface area contributed by atoms with Gasteiger partial charge >= 0.3 is 5.97 Å². The number of carbonyl (C=O) groups excluding carboxylic acids is 2. The molecule has 3 aromatic rings. The summed E-state index contributed by atoms with van der Waals surface area (Å²) in [7, 11) is -2.18. The molecule has 1 unspecified atom stereocenters. The van der Waals surface area contributed by atoms with E-state index in [0.29, 0.717) is 47.0 Å². The second-order valence-electron chi connectivity index (χ2n) is 10.0. The highest BCUT2D eigenvalue weighted by Crippen LogP contribution is 2.37. The van der Waals surface area contributed by atoms with E-state index >= 15 is 0 Å². The monoisotopic (exact) mass is 575 g/mol. The molecule has 2 heterocycles. The molecule has 0 aliphatic carbocycles. The van der Waals surface area contributed by atoms with Crippen LogP contribution < -0.4 is 14.9 Å². The summed E-state index contributed by atoms with van der Waals surface area (Å²) < 4.78 is 31.6. The van der Waals surface area contributed by atoms with E-state index in [4.69, 9.17) is 9.73 Å². The fourth-order valence-corrected chi connectivity index (χ4v) is 6.09. The molecule has 0 aromatic heterocycles. The zero-order valence-electron chi connectivity index (χ0n) is 23.0. The van der Waals surface area contributed by atoms with Gasteiger partial charge in [0, 0.05) is 45.0 Å². The third-order valence-electron chi connectivity index (χ3n) is 7.26. The predicted molar refractivity (Wildman–Crippen MR) is 160 cm³/mol. The van der Waals surface area contributed by atoms with Crippen molar-refractivity contribution in [3.63, 3.8) is 0 Å². The lowest BCUT2D eigenvalue weighted by molar-refractivity contribution is -0.115. The van der Waals surface area contributed by atoms with E-state index in [0.717, 1.165) is 31.7 Å². The number of esters is 1. The molecule has 0 radical (unpaired) electrons. The minimum absolute atomic E-state index is 0.252. The number of nitrogens with one attached hydrogen (secondary N) is 2. The van der Waals surface area contributed by atoms with Gasteiger partial charge in [-0.1, -0.05) is 36.4 Å². The van der Waals surface area contributed by atoms with Gasteiger partial charge in [0.15, 0.2) is 0 Å². The molecule has 1 saturated heterocycles. The molecule has 5 rings (SSSR count). The van der Waals surface area contributed by atoms with Crippen LogP contribution in [-0.4, -0.2) is 83.5 Å². The number of amides is 1. The molecule has 0 bridgehead atoms. The Morgan fingerprint density at radius 3 is 2.39 bits per heavy atom. The molecular formula is C30H33N5O5S. The number of ether oxygens (including phenoxy) is 1. The van der Waals surface area contributed by atoms with Gasteiger partial charge in [0.2, 0.25) is 15.9 Å². The zero-order chi connectivity index (χ0) is 29.0. The quantitative estimate of drug-likeness (QED) is 0.297. The van der Waals surface area contributed by atoms with Gasteiger partial charge < -0.3 is 15.4 Å². The van der Waals surface area contributed by atoms with Crippen molar-refractivity contribution in [1.29, 1.82) is 0 Å². The fourth-order valence-electron chi connectivity index (χ4n) is 5.17. The summed E-state index contributed by atoms with van der Waals surface area (Å²) in [6, 6.07) is 21.4. The molecule has 3 aromatic carbocycles. The van der Waals surface area contributed by atoms with Crippen LogP contribution in [0.25, 0.3) is 0 Å². The maximum atomic E-state index is 13.3.